The van der Waals surface area contributed by atoms with Crippen molar-refractivity contribution >= 4 is 17.5 Å². The standard InChI is InChI=1S/C21H20ClNO5/c1-25-18-11-9-16(19(26-2)20(18)27-3)21(24)23-12-15-8-10-17(28-15)13-4-6-14(22)7-5-13/h4-11H,12H2,1-3H3,(H,23,24). The van der Waals surface area contributed by atoms with Gasteiger partial charge in [0.1, 0.15) is 11.5 Å². The molecule has 0 aliphatic rings. The summed E-state index contributed by atoms with van der Waals surface area (Å²) in [7, 11) is 4.48. The maximum absolute atomic E-state index is 12.6. The van der Waals surface area contributed by atoms with Crippen molar-refractivity contribution in [1.82, 2.24) is 5.32 Å². The molecule has 7 heteroatoms. The Bertz CT molecular complexity index is 965. The van der Waals surface area contributed by atoms with Gasteiger partial charge in [-0.05, 0) is 48.5 Å². The van der Waals surface area contributed by atoms with Gasteiger partial charge in [-0.1, -0.05) is 11.6 Å². The molecule has 2 aromatic carbocycles. The van der Waals surface area contributed by atoms with Crippen molar-refractivity contribution in [2.45, 2.75) is 6.54 Å². The Hall–Kier alpha value is -3.12. The van der Waals surface area contributed by atoms with Crippen LogP contribution in [-0.2, 0) is 6.54 Å². The van der Waals surface area contributed by atoms with E-state index in [1.54, 1.807) is 24.3 Å². The molecule has 0 spiro atoms. The zero-order valence-corrected chi connectivity index (χ0v) is 16.5. The molecule has 1 amide bonds. The van der Waals surface area contributed by atoms with Gasteiger partial charge < -0.3 is 23.9 Å². The molecule has 0 saturated carbocycles. The molecule has 6 nitrogen and oxygen atoms in total. The van der Waals surface area contributed by atoms with E-state index in [0.29, 0.717) is 39.4 Å². The largest absolute Gasteiger partial charge is 0.493 e. The van der Waals surface area contributed by atoms with Crippen LogP contribution in [0.15, 0.2) is 52.9 Å². The first-order valence-electron chi connectivity index (χ1n) is 8.49. The van der Waals surface area contributed by atoms with Gasteiger partial charge in [0, 0.05) is 10.6 Å². The molecule has 0 aliphatic carbocycles. The van der Waals surface area contributed by atoms with Crippen molar-refractivity contribution in [3.8, 4) is 28.6 Å². The van der Waals surface area contributed by atoms with Crippen LogP contribution in [-0.4, -0.2) is 27.2 Å². The van der Waals surface area contributed by atoms with E-state index in [9.17, 15) is 4.79 Å². The van der Waals surface area contributed by atoms with E-state index in [-0.39, 0.29) is 12.5 Å². The van der Waals surface area contributed by atoms with Gasteiger partial charge in [0.2, 0.25) is 5.75 Å². The Balaban J connectivity index is 1.73. The summed E-state index contributed by atoms with van der Waals surface area (Å²) in [5.41, 5.74) is 1.24. The Kier molecular flexibility index (Phi) is 6.11. The molecule has 1 aromatic heterocycles. The van der Waals surface area contributed by atoms with Gasteiger partial charge in [0.25, 0.3) is 5.91 Å². The number of ether oxygens (including phenoxy) is 3. The van der Waals surface area contributed by atoms with Crippen LogP contribution >= 0.6 is 11.6 Å². The number of methoxy groups -OCH3 is 3. The lowest BCUT2D eigenvalue weighted by molar-refractivity contribution is 0.0944. The molecule has 3 rings (SSSR count). The lowest BCUT2D eigenvalue weighted by atomic mass is 10.1. The molecule has 146 valence electrons. The van der Waals surface area contributed by atoms with Gasteiger partial charge in [-0.3, -0.25) is 4.79 Å². The third kappa shape index (κ3) is 4.07. The predicted molar refractivity (Wildman–Crippen MR) is 106 cm³/mol. The molecule has 0 radical (unpaired) electrons. The van der Waals surface area contributed by atoms with Gasteiger partial charge in [-0.15, -0.1) is 0 Å². The van der Waals surface area contributed by atoms with Crippen molar-refractivity contribution < 1.29 is 23.4 Å². The Morgan fingerprint density at radius 2 is 1.64 bits per heavy atom. The predicted octanol–water partition coefficient (Wildman–Crippen LogP) is 4.56. The fourth-order valence-electron chi connectivity index (χ4n) is 2.78. The summed E-state index contributed by atoms with van der Waals surface area (Å²) in [6, 6.07) is 14.3. The van der Waals surface area contributed by atoms with Gasteiger partial charge >= 0.3 is 0 Å². The second-order valence-corrected chi connectivity index (χ2v) is 6.27. The van der Waals surface area contributed by atoms with E-state index < -0.39 is 0 Å². The third-order valence-corrected chi connectivity index (χ3v) is 4.41. The highest BCUT2D eigenvalue weighted by Crippen LogP contribution is 2.39. The van der Waals surface area contributed by atoms with E-state index in [4.69, 9.17) is 30.2 Å². The Morgan fingerprint density at radius 3 is 2.29 bits per heavy atom. The smallest absolute Gasteiger partial charge is 0.255 e. The summed E-state index contributed by atoms with van der Waals surface area (Å²) in [6.45, 7) is 0.226. The minimum atomic E-state index is -0.317. The number of nitrogens with one attached hydrogen (secondary N) is 1. The highest BCUT2D eigenvalue weighted by molar-refractivity contribution is 6.30. The van der Waals surface area contributed by atoms with Crippen molar-refractivity contribution in [2.75, 3.05) is 21.3 Å². The first kappa shape index (κ1) is 19.6. The van der Waals surface area contributed by atoms with Crippen LogP contribution in [0.2, 0.25) is 5.02 Å². The molecule has 1 heterocycles. The van der Waals surface area contributed by atoms with Crippen molar-refractivity contribution in [1.29, 1.82) is 0 Å². The summed E-state index contributed by atoms with van der Waals surface area (Å²) in [6.07, 6.45) is 0. The normalized spacial score (nSPS) is 10.4. The molecule has 0 fully saturated rings. The van der Waals surface area contributed by atoms with Gasteiger partial charge in [0.15, 0.2) is 11.5 Å². The number of hydrogen-bond donors (Lipinski definition) is 1. The molecule has 0 aliphatic heterocycles. The third-order valence-electron chi connectivity index (χ3n) is 4.16. The van der Waals surface area contributed by atoms with E-state index in [1.807, 2.05) is 24.3 Å². The van der Waals surface area contributed by atoms with E-state index in [2.05, 4.69) is 5.32 Å². The van der Waals surface area contributed by atoms with Crippen LogP contribution < -0.4 is 19.5 Å². The number of halogens is 1. The van der Waals surface area contributed by atoms with Crippen LogP contribution in [0.4, 0.5) is 0 Å². The number of amides is 1. The molecule has 0 bridgehead atoms. The van der Waals surface area contributed by atoms with Crippen LogP contribution in [0, 0.1) is 0 Å². The first-order chi connectivity index (χ1) is 13.6. The van der Waals surface area contributed by atoms with Crippen LogP contribution in [0.3, 0.4) is 0 Å². The fraction of sp³-hybridized carbons (Fsp3) is 0.190. The second kappa shape index (κ2) is 8.71. The maximum atomic E-state index is 12.6. The minimum Gasteiger partial charge on any atom is -0.493 e. The minimum absolute atomic E-state index is 0.226. The first-order valence-corrected chi connectivity index (χ1v) is 8.87. The monoisotopic (exact) mass is 401 g/mol. The average Bonchev–Trinajstić information content (AvgIpc) is 3.20. The summed E-state index contributed by atoms with van der Waals surface area (Å²) < 4.78 is 21.7. The topological polar surface area (TPSA) is 69.9 Å². The second-order valence-electron chi connectivity index (χ2n) is 5.84. The zero-order valence-electron chi connectivity index (χ0n) is 15.7. The summed E-state index contributed by atoms with van der Waals surface area (Å²) in [4.78, 5) is 12.6. The highest BCUT2D eigenvalue weighted by atomic mass is 35.5. The molecule has 0 atom stereocenters. The fourth-order valence-corrected chi connectivity index (χ4v) is 2.91. The molecular formula is C21H20ClNO5. The van der Waals surface area contributed by atoms with Crippen LogP contribution in [0.5, 0.6) is 17.2 Å². The van der Waals surface area contributed by atoms with Crippen molar-refractivity contribution in [2.24, 2.45) is 0 Å². The van der Waals surface area contributed by atoms with E-state index in [0.717, 1.165) is 5.56 Å². The van der Waals surface area contributed by atoms with E-state index in [1.165, 1.54) is 21.3 Å². The molecular weight excluding hydrogens is 382 g/mol. The van der Waals surface area contributed by atoms with Gasteiger partial charge in [-0.25, -0.2) is 0 Å². The SMILES string of the molecule is COc1ccc(C(=O)NCc2ccc(-c3ccc(Cl)cc3)o2)c(OC)c1OC. The summed E-state index contributed by atoms with van der Waals surface area (Å²) in [5.74, 6) is 2.15. The van der Waals surface area contributed by atoms with Crippen molar-refractivity contribution in [3.05, 3.63) is 64.9 Å². The maximum Gasteiger partial charge on any atom is 0.255 e. The zero-order chi connectivity index (χ0) is 20.1. The molecule has 3 aromatic rings. The summed E-state index contributed by atoms with van der Waals surface area (Å²) in [5, 5.41) is 3.48. The Morgan fingerprint density at radius 1 is 0.929 bits per heavy atom. The number of rotatable bonds is 7. The quantitative estimate of drug-likeness (QED) is 0.628. The lowest BCUT2D eigenvalue weighted by Gasteiger charge is -2.15. The average molecular weight is 402 g/mol. The number of benzene rings is 2. The molecule has 0 saturated heterocycles. The van der Waals surface area contributed by atoms with Crippen LogP contribution in [0.25, 0.3) is 11.3 Å². The Labute approximate surface area is 168 Å². The highest BCUT2D eigenvalue weighted by Gasteiger charge is 2.20. The van der Waals surface area contributed by atoms with E-state index >= 15 is 0 Å². The van der Waals surface area contributed by atoms with Gasteiger partial charge in [0.05, 0.1) is 33.4 Å². The number of carbonyl (C=O) groups excluding carboxylic acids is 1. The van der Waals surface area contributed by atoms with Gasteiger partial charge in [-0.2, -0.15) is 0 Å². The van der Waals surface area contributed by atoms with Crippen LogP contribution in [0.1, 0.15) is 16.1 Å². The number of hydrogen-bond acceptors (Lipinski definition) is 5. The number of furan rings is 1. The molecule has 0 unspecified atom stereocenters. The molecule has 28 heavy (non-hydrogen) atoms. The number of carbonyl (C=O) groups is 1. The van der Waals surface area contributed by atoms with Crippen molar-refractivity contribution in [3.63, 3.8) is 0 Å². The summed E-state index contributed by atoms with van der Waals surface area (Å²) >= 11 is 5.91. The molecule has 1 N–H and O–H groups in total. The lowest BCUT2D eigenvalue weighted by Crippen LogP contribution is -2.23.